The molecule has 1 N–H and O–H groups in total. The van der Waals surface area contributed by atoms with Crippen LogP contribution in [0.25, 0.3) is 59.5 Å². The Morgan fingerprint density at radius 1 is 0.825 bits per heavy atom. The van der Waals surface area contributed by atoms with Crippen molar-refractivity contribution < 1.29 is 0 Å². The molecule has 40 heavy (non-hydrogen) atoms. The number of aromatic nitrogens is 1. The molecule has 0 fully saturated rings. The number of benzene rings is 4. The van der Waals surface area contributed by atoms with E-state index in [1.807, 2.05) is 17.5 Å². The second-order valence-corrected chi connectivity index (χ2v) is 11.5. The molecular weight excluding hydrogens is 506 g/mol. The molecule has 192 valence electrons. The van der Waals surface area contributed by atoms with E-state index in [1.54, 1.807) is 0 Å². The maximum Gasteiger partial charge on any atom is 0.0949 e. The van der Waals surface area contributed by atoms with Crippen molar-refractivity contribution in [2.24, 2.45) is 0 Å². The number of fused-ring (bicyclic) bond motifs is 6. The summed E-state index contributed by atoms with van der Waals surface area (Å²) >= 11 is 1.87. The fourth-order valence-electron chi connectivity index (χ4n) is 6.14. The summed E-state index contributed by atoms with van der Waals surface area (Å²) in [7, 11) is 2.18. The SMILES string of the molecule is CN1c2c(ccc3ccc(-c4ccc(-c5cccc6c5sc5ccccc56)cc4)nc23)C=CC1C1=CCNC=C1. The third-order valence-electron chi connectivity index (χ3n) is 8.18. The molecule has 2 aliphatic rings. The quantitative estimate of drug-likeness (QED) is 0.246. The van der Waals surface area contributed by atoms with Gasteiger partial charge in [0.25, 0.3) is 0 Å². The van der Waals surface area contributed by atoms with Gasteiger partial charge in [-0.25, -0.2) is 4.98 Å². The van der Waals surface area contributed by atoms with Crippen LogP contribution in [-0.2, 0) is 0 Å². The van der Waals surface area contributed by atoms with Gasteiger partial charge in [-0.2, -0.15) is 0 Å². The molecule has 0 bridgehead atoms. The van der Waals surface area contributed by atoms with Gasteiger partial charge in [-0.3, -0.25) is 0 Å². The Hall–Kier alpha value is -4.67. The summed E-state index contributed by atoms with van der Waals surface area (Å²) in [6, 6.07) is 33.2. The van der Waals surface area contributed by atoms with Crippen LogP contribution in [0.15, 0.2) is 121 Å². The topological polar surface area (TPSA) is 28.2 Å². The molecule has 0 saturated heterocycles. The lowest BCUT2D eigenvalue weighted by Crippen LogP contribution is -2.35. The summed E-state index contributed by atoms with van der Waals surface area (Å²) < 4.78 is 2.68. The zero-order valence-electron chi connectivity index (χ0n) is 22.1. The van der Waals surface area contributed by atoms with Gasteiger partial charge in [0.1, 0.15) is 0 Å². The van der Waals surface area contributed by atoms with E-state index >= 15 is 0 Å². The van der Waals surface area contributed by atoms with Crippen molar-refractivity contribution in [3.05, 3.63) is 127 Å². The minimum Gasteiger partial charge on any atom is -0.387 e. The summed E-state index contributed by atoms with van der Waals surface area (Å²) in [5, 5.41) is 7.08. The van der Waals surface area contributed by atoms with Crippen molar-refractivity contribution >= 4 is 54.2 Å². The van der Waals surface area contributed by atoms with Crippen LogP contribution in [0.1, 0.15) is 5.56 Å². The summed E-state index contributed by atoms with van der Waals surface area (Å²) in [6.45, 7) is 0.863. The fourth-order valence-corrected chi connectivity index (χ4v) is 7.37. The Bertz CT molecular complexity index is 2030. The maximum atomic E-state index is 5.25. The number of hydrogen-bond acceptors (Lipinski definition) is 4. The van der Waals surface area contributed by atoms with Gasteiger partial charge < -0.3 is 10.2 Å². The molecule has 0 radical (unpaired) electrons. The van der Waals surface area contributed by atoms with Gasteiger partial charge in [0.15, 0.2) is 0 Å². The van der Waals surface area contributed by atoms with E-state index in [0.717, 1.165) is 28.7 Å². The Kier molecular flexibility index (Phi) is 5.35. The molecule has 0 spiro atoms. The summed E-state index contributed by atoms with van der Waals surface area (Å²) in [6.07, 6.45) is 11.0. The molecule has 4 heterocycles. The van der Waals surface area contributed by atoms with E-state index < -0.39 is 0 Å². The lowest BCUT2D eigenvalue weighted by molar-refractivity contribution is 0.834. The van der Waals surface area contributed by atoms with Crippen LogP contribution >= 0.6 is 11.3 Å². The van der Waals surface area contributed by atoms with Crippen LogP contribution in [0.4, 0.5) is 5.69 Å². The normalized spacial score (nSPS) is 16.4. The van der Waals surface area contributed by atoms with Crippen molar-refractivity contribution in [3.63, 3.8) is 0 Å². The lowest BCUT2D eigenvalue weighted by atomic mass is 9.95. The molecule has 1 unspecified atom stereocenters. The van der Waals surface area contributed by atoms with Crippen molar-refractivity contribution in [2.75, 3.05) is 18.5 Å². The first-order valence-electron chi connectivity index (χ1n) is 13.7. The molecule has 8 rings (SSSR count). The second-order valence-electron chi connectivity index (χ2n) is 10.5. The zero-order valence-corrected chi connectivity index (χ0v) is 23.0. The van der Waals surface area contributed by atoms with E-state index in [4.69, 9.17) is 4.98 Å². The van der Waals surface area contributed by atoms with Crippen LogP contribution < -0.4 is 10.2 Å². The monoisotopic (exact) mass is 533 g/mol. The Labute approximate surface area is 237 Å². The first kappa shape index (κ1) is 23.2. The minimum absolute atomic E-state index is 0.192. The number of rotatable bonds is 3. The summed E-state index contributed by atoms with van der Waals surface area (Å²) in [5.74, 6) is 0. The summed E-state index contributed by atoms with van der Waals surface area (Å²) in [4.78, 5) is 7.61. The number of nitrogens with zero attached hydrogens (tertiary/aromatic N) is 2. The maximum absolute atomic E-state index is 5.25. The number of dihydropyridines is 1. The number of thiophene rings is 1. The highest BCUT2D eigenvalue weighted by Gasteiger charge is 2.24. The van der Waals surface area contributed by atoms with E-state index in [-0.39, 0.29) is 6.04 Å². The molecule has 6 aromatic rings. The third kappa shape index (κ3) is 3.68. The number of nitrogens with one attached hydrogen (secondary N) is 1. The van der Waals surface area contributed by atoms with Gasteiger partial charge in [0.05, 0.1) is 22.9 Å². The van der Waals surface area contributed by atoms with Gasteiger partial charge in [0, 0.05) is 44.7 Å². The molecule has 2 aromatic heterocycles. The minimum atomic E-state index is 0.192. The zero-order chi connectivity index (χ0) is 26.6. The van der Waals surface area contributed by atoms with Crippen molar-refractivity contribution in [3.8, 4) is 22.4 Å². The smallest absolute Gasteiger partial charge is 0.0949 e. The van der Waals surface area contributed by atoms with E-state index in [2.05, 4.69) is 133 Å². The number of likely N-dealkylation sites (N-methyl/N-ethyl adjacent to an activating group) is 1. The van der Waals surface area contributed by atoms with Gasteiger partial charge in [-0.05, 0) is 46.7 Å². The molecule has 0 aliphatic carbocycles. The number of pyridine rings is 1. The average Bonchev–Trinajstić information content (AvgIpc) is 3.40. The van der Waals surface area contributed by atoms with E-state index in [1.165, 1.54) is 48.1 Å². The molecule has 2 aliphatic heterocycles. The highest BCUT2D eigenvalue weighted by Crippen LogP contribution is 2.41. The van der Waals surface area contributed by atoms with Gasteiger partial charge in [-0.15, -0.1) is 11.3 Å². The van der Waals surface area contributed by atoms with Crippen molar-refractivity contribution in [2.45, 2.75) is 6.04 Å². The molecular formula is C36H27N3S. The third-order valence-corrected chi connectivity index (χ3v) is 9.40. The van der Waals surface area contributed by atoms with Crippen molar-refractivity contribution in [1.29, 1.82) is 0 Å². The van der Waals surface area contributed by atoms with Crippen LogP contribution in [0.3, 0.4) is 0 Å². The number of anilines is 1. The van der Waals surface area contributed by atoms with Crippen LogP contribution in [0.5, 0.6) is 0 Å². The predicted molar refractivity (Wildman–Crippen MR) is 172 cm³/mol. The standard InChI is InChI=1S/C36H27N3S/c1-39-32(25-19-21-37-22-20-25)18-16-27-14-13-26-15-17-31(38-34(26)35(27)39)24-11-9-23(10-12-24)28-6-4-7-30-29-5-2-3-8-33(29)40-36(28)30/h2-21,32,37H,22H2,1H3. The van der Waals surface area contributed by atoms with Gasteiger partial charge in [-0.1, -0.05) is 97.1 Å². The molecule has 3 nitrogen and oxygen atoms in total. The molecule has 0 saturated carbocycles. The van der Waals surface area contributed by atoms with Crippen LogP contribution in [0, 0.1) is 0 Å². The highest BCUT2D eigenvalue weighted by atomic mass is 32.1. The fraction of sp³-hybridized carbons (Fsp3) is 0.0833. The highest BCUT2D eigenvalue weighted by molar-refractivity contribution is 7.26. The van der Waals surface area contributed by atoms with E-state index in [9.17, 15) is 0 Å². The Morgan fingerprint density at radius 2 is 1.65 bits per heavy atom. The molecule has 4 aromatic carbocycles. The Morgan fingerprint density at radius 3 is 2.52 bits per heavy atom. The van der Waals surface area contributed by atoms with E-state index in [0.29, 0.717) is 0 Å². The molecule has 0 amide bonds. The predicted octanol–water partition coefficient (Wildman–Crippen LogP) is 8.81. The second kappa shape index (κ2) is 9.22. The first-order valence-corrected chi connectivity index (χ1v) is 14.5. The van der Waals surface area contributed by atoms with Crippen molar-refractivity contribution in [1.82, 2.24) is 10.3 Å². The first-order chi connectivity index (χ1) is 19.7. The Balaban J connectivity index is 1.18. The molecule has 1 atom stereocenters. The van der Waals surface area contributed by atoms with Crippen LogP contribution in [0.2, 0.25) is 0 Å². The lowest BCUT2D eigenvalue weighted by Gasteiger charge is -2.34. The van der Waals surface area contributed by atoms with Crippen LogP contribution in [-0.4, -0.2) is 24.6 Å². The largest absolute Gasteiger partial charge is 0.387 e. The average molecular weight is 534 g/mol. The molecule has 4 heteroatoms. The summed E-state index contributed by atoms with van der Waals surface area (Å²) in [5.41, 5.74) is 9.38. The van der Waals surface area contributed by atoms with Gasteiger partial charge >= 0.3 is 0 Å². The number of hydrogen-bond donors (Lipinski definition) is 1. The van der Waals surface area contributed by atoms with Gasteiger partial charge in [0.2, 0.25) is 0 Å².